The van der Waals surface area contributed by atoms with Crippen LogP contribution in [0.1, 0.15) is 34.2 Å². The number of hydrogen-bond acceptors (Lipinski definition) is 8. The molecule has 2 aromatic heterocycles. The molecule has 0 aliphatic carbocycles. The molecule has 0 spiro atoms. The number of carbonyl (C=O) groups is 1. The number of ether oxygens (including phenoxy) is 1. The Bertz CT molecular complexity index is 1300. The molecule has 2 fully saturated rings. The number of aliphatic hydroxyl groups is 1. The Kier molecular flexibility index (Phi) is 7.66. The highest BCUT2D eigenvalue weighted by atomic mass is 35.5. The molecule has 1 aromatic carbocycles. The van der Waals surface area contributed by atoms with E-state index < -0.39 is 30.1 Å². The number of carbonyl (C=O) groups excluding carboxylic acids is 1. The maximum Gasteiger partial charge on any atom is 0.451 e. The van der Waals surface area contributed by atoms with E-state index in [4.69, 9.17) is 16.3 Å². The van der Waals surface area contributed by atoms with Gasteiger partial charge in [0, 0.05) is 56.1 Å². The number of fused-ring (bicyclic) bond motifs is 1. The van der Waals surface area contributed by atoms with E-state index >= 15 is 0 Å². The minimum atomic E-state index is -4.64. The number of hydrogen-bond donors (Lipinski definition) is 2. The molecule has 9 nitrogen and oxygen atoms in total. The van der Waals surface area contributed by atoms with Crippen LogP contribution in [-0.4, -0.2) is 82.9 Å². The van der Waals surface area contributed by atoms with Gasteiger partial charge in [0.2, 0.25) is 5.82 Å². The Morgan fingerprint density at radius 2 is 1.89 bits per heavy atom. The highest BCUT2D eigenvalue weighted by molar-refractivity contribution is 6.35. The standard InChI is InChI=1S/C25H26ClF3N6O3/c26-18-2-3-19-17(1-4-21(33-19)35-6-5-16(36)14-35)22(18)23(37)30-13-20(34-7-9-38-10-8-34)15-11-31-24(32-12-15)25(27,28)29/h1-4,11-12,16,20,36H,5-10,13-14H2,(H,30,37)/t16-,20?/m1/s1. The lowest BCUT2D eigenvalue weighted by molar-refractivity contribution is -0.145. The number of morpholine rings is 1. The van der Waals surface area contributed by atoms with Crippen LogP contribution < -0.4 is 10.2 Å². The highest BCUT2D eigenvalue weighted by Crippen LogP contribution is 2.30. The van der Waals surface area contributed by atoms with E-state index in [0.29, 0.717) is 68.1 Å². The number of nitrogens with zero attached hydrogens (tertiary/aromatic N) is 5. The fraction of sp³-hybridized carbons (Fsp3) is 0.440. The highest BCUT2D eigenvalue weighted by Gasteiger charge is 2.35. The number of anilines is 1. The van der Waals surface area contributed by atoms with Crippen molar-refractivity contribution in [2.24, 2.45) is 0 Å². The maximum absolute atomic E-state index is 13.4. The molecule has 202 valence electrons. The third kappa shape index (κ3) is 5.68. The number of halogens is 4. The van der Waals surface area contributed by atoms with Crippen molar-refractivity contribution in [3.05, 3.63) is 58.6 Å². The summed E-state index contributed by atoms with van der Waals surface area (Å²) in [4.78, 5) is 29.0. The van der Waals surface area contributed by atoms with E-state index in [9.17, 15) is 23.1 Å². The first-order chi connectivity index (χ1) is 18.2. The molecule has 2 aliphatic rings. The van der Waals surface area contributed by atoms with Gasteiger partial charge in [0.25, 0.3) is 5.91 Å². The Morgan fingerprint density at radius 3 is 2.55 bits per heavy atom. The molecule has 3 aromatic rings. The molecule has 38 heavy (non-hydrogen) atoms. The number of β-amino-alcohol motifs (C(OH)–C–C–N with tert-alkyl or cyclic N) is 1. The summed E-state index contributed by atoms with van der Waals surface area (Å²) in [7, 11) is 0. The zero-order valence-electron chi connectivity index (χ0n) is 20.3. The van der Waals surface area contributed by atoms with Gasteiger partial charge in [0.15, 0.2) is 0 Å². The van der Waals surface area contributed by atoms with Gasteiger partial charge < -0.3 is 20.1 Å². The SMILES string of the molecule is O=C(NCC(c1cnc(C(F)(F)F)nc1)N1CCOCC1)c1c(Cl)ccc2nc(N3CC[C@@H](O)C3)ccc12. The average Bonchev–Trinajstić information content (AvgIpc) is 3.35. The Labute approximate surface area is 221 Å². The number of nitrogens with one attached hydrogen (secondary N) is 1. The fourth-order valence-electron chi connectivity index (χ4n) is 4.80. The summed E-state index contributed by atoms with van der Waals surface area (Å²) >= 11 is 6.44. The molecule has 1 unspecified atom stereocenters. The third-order valence-corrected chi connectivity index (χ3v) is 7.09. The molecule has 2 aliphatic heterocycles. The topological polar surface area (TPSA) is 104 Å². The van der Waals surface area contributed by atoms with Crippen LogP contribution in [0.4, 0.5) is 19.0 Å². The predicted molar refractivity (Wildman–Crippen MR) is 134 cm³/mol. The van der Waals surface area contributed by atoms with Crippen LogP contribution in [0, 0.1) is 0 Å². The van der Waals surface area contributed by atoms with Gasteiger partial charge in [-0.2, -0.15) is 13.2 Å². The van der Waals surface area contributed by atoms with Crippen molar-refractivity contribution in [1.82, 2.24) is 25.2 Å². The van der Waals surface area contributed by atoms with Crippen LogP contribution in [0.15, 0.2) is 36.7 Å². The van der Waals surface area contributed by atoms with Crippen LogP contribution in [0.25, 0.3) is 10.9 Å². The fourth-order valence-corrected chi connectivity index (χ4v) is 5.06. The summed E-state index contributed by atoms with van der Waals surface area (Å²) in [6.45, 7) is 3.28. The Morgan fingerprint density at radius 1 is 1.16 bits per heavy atom. The quantitative estimate of drug-likeness (QED) is 0.483. The summed E-state index contributed by atoms with van der Waals surface area (Å²) in [6, 6.07) is 6.46. The van der Waals surface area contributed by atoms with Gasteiger partial charge in [-0.05, 0) is 30.7 Å². The zero-order valence-corrected chi connectivity index (χ0v) is 21.0. The van der Waals surface area contributed by atoms with Crippen molar-refractivity contribution in [1.29, 1.82) is 0 Å². The smallest absolute Gasteiger partial charge is 0.391 e. The van der Waals surface area contributed by atoms with E-state index in [1.54, 1.807) is 24.3 Å². The van der Waals surface area contributed by atoms with Gasteiger partial charge in [-0.15, -0.1) is 0 Å². The van der Waals surface area contributed by atoms with Crippen molar-refractivity contribution < 1.29 is 27.8 Å². The van der Waals surface area contributed by atoms with Gasteiger partial charge in [-0.3, -0.25) is 9.69 Å². The van der Waals surface area contributed by atoms with Crippen LogP contribution in [0.5, 0.6) is 0 Å². The molecule has 2 saturated heterocycles. The van der Waals surface area contributed by atoms with Crippen molar-refractivity contribution in [3.8, 4) is 0 Å². The summed E-state index contributed by atoms with van der Waals surface area (Å²) in [5.41, 5.74) is 1.29. The lowest BCUT2D eigenvalue weighted by atomic mass is 10.1. The largest absolute Gasteiger partial charge is 0.451 e. The lowest BCUT2D eigenvalue weighted by Gasteiger charge is -2.34. The number of benzene rings is 1. The number of pyridine rings is 1. The summed E-state index contributed by atoms with van der Waals surface area (Å²) < 4.78 is 44.3. The molecule has 1 amide bonds. The number of aliphatic hydroxyl groups excluding tert-OH is 1. The maximum atomic E-state index is 13.4. The van der Waals surface area contributed by atoms with Gasteiger partial charge in [0.05, 0.1) is 41.5 Å². The molecule has 4 heterocycles. The average molecular weight is 551 g/mol. The normalized spacial score (nSPS) is 19.6. The van der Waals surface area contributed by atoms with Crippen molar-refractivity contribution in [2.75, 3.05) is 50.8 Å². The van der Waals surface area contributed by atoms with E-state index in [1.165, 1.54) is 0 Å². The number of aromatic nitrogens is 3. The van der Waals surface area contributed by atoms with Gasteiger partial charge >= 0.3 is 6.18 Å². The molecular formula is C25H26ClF3N6O3. The molecule has 2 N–H and O–H groups in total. The van der Waals surface area contributed by atoms with Crippen molar-refractivity contribution in [3.63, 3.8) is 0 Å². The van der Waals surface area contributed by atoms with Crippen molar-refractivity contribution >= 4 is 34.2 Å². The zero-order chi connectivity index (χ0) is 26.9. The Hall–Kier alpha value is -3.06. The van der Waals surface area contributed by atoms with E-state index in [-0.39, 0.29) is 17.1 Å². The van der Waals surface area contributed by atoms with Crippen LogP contribution in [0.3, 0.4) is 0 Å². The second-order valence-electron chi connectivity index (χ2n) is 9.26. The van der Waals surface area contributed by atoms with Gasteiger partial charge in [0.1, 0.15) is 5.82 Å². The first-order valence-electron chi connectivity index (χ1n) is 12.2. The van der Waals surface area contributed by atoms with E-state index in [1.807, 2.05) is 9.80 Å². The molecule has 2 atom stereocenters. The van der Waals surface area contributed by atoms with Crippen LogP contribution in [0.2, 0.25) is 5.02 Å². The van der Waals surface area contributed by atoms with Gasteiger partial charge in [-0.25, -0.2) is 15.0 Å². The van der Waals surface area contributed by atoms with E-state index in [2.05, 4.69) is 20.3 Å². The summed E-state index contributed by atoms with van der Waals surface area (Å²) in [5, 5.41) is 13.6. The molecule has 0 saturated carbocycles. The monoisotopic (exact) mass is 550 g/mol. The Balaban J connectivity index is 1.38. The number of amides is 1. The minimum Gasteiger partial charge on any atom is -0.391 e. The number of alkyl halides is 3. The molecular weight excluding hydrogens is 525 g/mol. The molecule has 0 bridgehead atoms. The second-order valence-corrected chi connectivity index (χ2v) is 9.67. The first kappa shape index (κ1) is 26.5. The molecule has 5 rings (SSSR count). The number of rotatable bonds is 6. The molecule has 13 heteroatoms. The first-order valence-corrected chi connectivity index (χ1v) is 12.6. The van der Waals surface area contributed by atoms with Gasteiger partial charge in [-0.1, -0.05) is 11.6 Å². The summed E-state index contributed by atoms with van der Waals surface area (Å²) in [5.74, 6) is -0.945. The lowest BCUT2D eigenvalue weighted by Crippen LogP contribution is -2.44. The van der Waals surface area contributed by atoms with Crippen LogP contribution >= 0.6 is 11.6 Å². The second kappa shape index (κ2) is 11.0. The van der Waals surface area contributed by atoms with Crippen molar-refractivity contribution in [2.45, 2.75) is 24.7 Å². The van der Waals surface area contributed by atoms with Crippen LogP contribution in [-0.2, 0) is 10.9 Å². The molecule has 0 radical (unpaired) electrons. The predicted octanol–water partition coefficient (Wildman–Crippen LogP) is 3.07. The minimum absolute atomic E-state index is 0.0947. The summed E-state index contributed by atoms with van der Waals surface area (Å²) in [6.07, 6.45) is -2.08. The third-order valence-electron chi connectivity index (χ3n) is 6.77. The van der Waals surface area contributed by atoms with E-state index in [0.717, 1.165) is 12.4 Å².